The number of amides is 1. The molecule has 0 bridgehead atoms. The second-order valence-corrected chi connectivity index (χ2v) is 7.08. The fourth-order valence-electron chi connectivity index (χ4n) is 3.37. The number of carbonyl (C=O) groups excluding carboxylic acids is 1. The maximum Gasteiger partial charge on any atom is 0.280 e. The zero-order valence-electron chi connectivity index (χ0n) is 15.7. The molecule has 1 amide bonds. The SMILES string of the molecule is Cc1noc(-c2cn(C3CCCN(C(=O)c4ccc(C)c(C)c4)C3)nn2)n1. The van der Waals surface area contributed by atoms with Gasteiger partial charge in [0.1, 0.15) is 0 Å². The van der Waals surface area contributed by atoms with Crippen molar-refractivity contribution in [2.24, 2.45) is 0 Å². The summed E-state index contributed by atoms with van der Waals surface area (Å²) in [5.74, 6) is 0.982. The van der Waals surface area contributed by atoms with Gasteiger partial charge in [0.25, 0.3) is 11.8 Å². The van der Waals surface area contributed by atoms with E-state index < -0.39 is 0 Å². The van der Waals surface area contributed by atoms with E-state index in [1.165, 1.54) is 5.56 Å². The molecule has 8 nitrogen and oxygen atoms in total. The van der Waals surface area contributed by atoms with Gasteiger partial charge in [0.15, 0.2) is 11.5 Å². The summed E-state index contributed by atoms with van der Waals surface area (Å²) >= 11 is 0. The summed E-state index contributed by atoms with van der Waals surface area (Å²) in [6.07, 6.45) is 3.68. The van der Waals surface area contributed by atoms with E-state index in [4.69, 9.17) is 4.52 Å². The quantitative estimate of drug-likeness (QED) is 0.708. The maximum atomic E-state index is 12.9. The van der Waals surface area contributed by atoms with Crippen LogP contribution in [0.1, 0.15) is 46.2 Å². The van der Waals surface area contributed by atoms with Crippen molar-refractivity contribution in [3.05, 3.63) is 46.9 Å². The molecule has 1 aromatic carbocycles. The average Bonchev–Trinajstić information content (AvgIpc) is 3.32. The van der Waals surface area contributed by atoms with Gasteiger partial charge < -0.3 is 9.42 Å². The predicted octanol–water partition coefficient (Wildman–Crippen LogP) is 2.73. The number of aryl methyl sites for hydroxylation is 3. The Morgan fingerprint density at radius 2 is 2.07 bits per heavy atom. The Kier molecular flexibility index (Phi) is 4.47. The number of piperidine rings is 1. The first-order valence-corrected chi connectivity index (χ1v) is 9.10. The molecule has 140 valence electrons. The summed E-state index contributed by atoms with van der Waals surface area (Å²) in [6.45, 7) is 7.20. The van der Waals surface area contributed by atoms with E-state index in [1.54, 1.807) is 11.6 Å². The Bertz CT molecular complexity index is 976. The van der Waals surface area contributed by atoms with Crippen LogP contribution in [0.15, 0.2) is 28.9 Å². The van der Waals surface area contributed by atoms with E-state index in [0.717, 1.165) is 30.5 Å². The molecule has 1 unspecified atom stereocenters. The highest BCUT2D eigenvalue weighted by molar-refractivity contribution is 5.94. The number of hydrogen-bond donors (Lipinski definition) is 0. The summed E-state index contributed by atoms with van der Waals surface area (Å²) in [5, 5.41) is 12.1. The Balaban J connectivity index is 1.50. The minimum Gasteiger partial charge on any atom is -0.337 e. The van der Waals surface area contributed by atoms with Crippen molar-refractivity contribution in [1.82, 2.24) is 30.0 Å². The van der Waals surface area contributed by atoms with Crippen LogP contribution in [0.2, 0.25) is 0 Å². The van der Waals surface area contributed by atoms with Crippen LogP contribution in [-0.4, -0.2) is 49.0 Å². The third-order valence-electron chi connectivity index (χ3n) is 5.07. The molecular formula is C19H22N6O2. The molecule has 3 heterocycles. The number of rotatable bonds is 3. The van der Waals surface area contributed by atoms with Gasteiger partial charge in [-0.2, -0.15) is 4.98 Å². The van der Waals surface area contributed by atoms with Crippen molar-refractivity contribution in [1.29, 1.82) is 0 Å². The summed E-state index contributed by atoms with van der Waals surface area (Å²) in [6, 6.07) is 5.95. The van der Waals surface area contributed by atoms with Crippen molar-refractivity contribution < 1.29 is 9.32 Å². The lowest BCUT2D eigenvalue weighted by Crippen LogP contribution is -2.40. The number of nitrogens with zero attached hydrogens (tertiary/aromatic N) is 6. The smallest absolute Gasteiger partial charge is 0.280 e. The summed E-state index contributed by atoms with van der Waals surface area (Å²) in [5.41, 5.74) is 3.60. The van der Waals surface area contributed by atoms with Gasteiger partial charge >= 0.3 is 0 Å². The summed E-state index contributed by atoms with van der Waals surface area (Å²) in [7, 11) is 0. The topological polar surface area (TPSA) is 89.9 Å². The standard InChI is InChI=1S/C19H22N6O2/c1-12-6-7-15(9-13(12)2)19(26)24-8-4-5-16(10-24)25-11-17(21-23-25)18-20-14(3)22-27-18/h6-7,9,11,16H,4-5,8,10H2,1-3H3. The highest BCUT2D eigenvalue weighted by atomic mass is 16.5. The van der Waals surface area contributed by atoms with Gasteiger partial charge in [0, 0.05) is 18.7 Å². The number of likely N-dealkylation sites (tertiary alicyclic amines) is 1. The number of carbonyl (C=O) groups is 1. The predicted molar refractivity (Wildman–Crippen MR) is 98.1 cm³/mol. The molecule has 0 N–H and O–H groups in total. The van der Waals surface area contributed by atoms with Crippen molar-refractivity contribution >= 4 is 5.91 Å². The lowest BCUT2D eigenvalue weighted by Gasteiger charge is -2.32. The molecule has 1 saturated heterocycles. The van der Waals surface area contributed by atoms with Gasteiger partial charge in [-0.25, -0.2) is 4.68 Å². The van der Waals surface area contributed by atoms with Crippen LogP contribution in [-0.2, 0) is 0 Å². The molecule has 4 rings (SSSR count). The molecule has 3 aromatic rings. The van der Waals surface area contributed by atoms with Gasteiger partial charge in [-0.15, -0.1) is 5.10 Å². The third-order valence-corrected chi connectivity index (χ3v) is 5.07. The normalized spacial score (nSPS) is 17.3. The fraction of sp³-hybridized carbons (Fsp3) is 0.421. The molecular weight excluding hydrogens is 344 g/mol. The second kappa shape index (κ2) is 6.94. The second-order valence-electron chi connectivity index (χ2n) is 7.08. The first-order chi connectivity index (χ1) is 13.0. The molecule has 27 heavy (non-hydrogen) atoms. The third kappa shape index (κ3) is 3.47. The molecule has 2 aromatic heterocycles. The largest absolute Gasteiger partial charge is 0.337 e. The van der Waals surface area contributed by atoms with Crippen LogP contribution in [0.25, 0.3) is 11.6 Å². The lowest BCUT2D eigenvalue weighted by atomic mass is 10.0. The monoisotopic (exact) mass is 366 g/mol. The highest BCUT2D eigenvalue weighted by Gasteiger charge is 2.27. The molecule has 0 radical (unpaired) electrons. The number of aromatic nitrogens is 5. The van der Waals surface area contributed by atoms with E-state index in [9.17, 15) is 4.79 Å². The fourth-order valence-corrected chi connectivity index (χ4v) is 3.37. The first-order valence-electron chi connectivity index (χ1n) is 9.10. The zero-order chi connectivity index (χ0) is 19.0. The van der Waals surface area contributed by atoms with Crippen molar-refractivity contribution in [3.8, 4) is 11.6 Å². The van der Waals surface area contributed by atoms with Crippen LogP contribution in [0.5, 0.6) is 0 Å². The van der Waals surface area contributed by atoms with Crippen LogP contribution >= 0.6 is 0 Å². The van der Waals surface area contributed by atoms with Crippen LogP contribution in [0.3, 0.4) is 0 Å². The summed E-state index contributed by atoms with van der Waals surface area (Å²) in [4.78, 5) is 19.0. The lowest BCUT2D eigenvalue weighted by molar-refractivity contribution is 0.0671. The van der Waals surface area contributed by atoms with Gasteiger partial charge in [0.05, 0.1) is 12.2 Å². The first kappa shape index (κ1) is 17.4. The minimum atomic E-state index is 0.0654. The Morgan fingerprint density at radius 1 is 1.22 bits per heavy atom. The molecule has 0 saturated carbocycles. The molecule has 0 aliphatic carbocycles. The Labute approximate surface area is 157 Å². The van der Waals surface area contributed by atoms with Crippen LogP contribution in [0.4, 0.5) is 0 Å². The van der Waals surface area contributed by atoms with Gasteiger partial charge in [-0.1, -0.05) is 16.4 Å². The highest BCUT2D eigenvalue weighted by Crippen LogP contribution is 2.24. The Hall–Kier alpha value is -3.03. The van der Waals surface area contributed by atoms with Gasteiger partial charge in [-0.3, -0.25) is 4.79 Å². The minimum absolute atomic E-state index is 0.0654. The Morgan fingerprint density at radius 3 is 2.81 bits per heavy atom. The van der Waals surface area contributed by atoms with Crippen molar-refractivity contribution in [3.63, 3.8) is 0 Å². The molecule has 1 aliphatic heterocycles. The molecule has 0 spiro atoms. The van der Waals surface area contributed by atoms with E-state index in [2.05, 4.69) is 20.5 Å². The number of hydrogen-bond acceptors (Lipinski definition) is 6. The van der Waals surface area contributed by atoms with Crippen LogP contribution in [0, 0.1) is 20.8 Å². The average molecular weight is 366 g/mol. The molecule has 1 fully saturated rings. The van der Waals surface area contributed by atoms with E-state index in [1.807, 2.05) is 43.1 Å². The van der Waals surface area contributed by atoms with Crippen LogP contribution < -0.4 is 0 Å². The van der Waals surface area contributed by atoms with Gasteiger partial charge in [-0.05, 0) is 56.9 Å². The van der Waals surface area contributed by atoms with E-state index in [-0.39, 0.29) is 11.9 Å². The molecule has 1 aliphatic rings. The van der Waals surface area contributed by atoms with Crippen molar-refractivity contribution in [2.75, 3.05) is 13.1 Å². The summed E-state index contributed by atoms with van der Waals surface area (Å²) < 4.78 is 6.95. The van der Waals surface area contributed by atoms with E-state index in [0.29, 0.717) is 24.0 Å². The van der Waals surface area contributed by atoms with Gasteiger partial charge in [0.2, 0.25) is 0 Å². The zero-order valence-corrected chi connectivity index (χ0v) is 15.7. The molecule has 1 atom stereocenters. The maximum absolute atomic E-state index is 12.9. The number of benzene rings is 1. The van der Waals surface area contributed by atoms with E-state index >= 15 is 0 Å². The molecule has 8 heteroatoms. The van der Waals surface area contributed by atoms with Crippen molar-refractivity contribution in [2.45, 2.75) is 39.7 Å².